The molecule has 0 rings (SSSR count). The van der Waals surface area contributed by atoms with Crippen LogP contribution in [-0.4, -0.2) is 0 Å². The van der Waals surface area contributed by atoms with Crippen LogP contribution in [0.2, 0.25) is 0 Å². The minimum absolute atomic E-state index is 0.371. The Morgan fingerprint density at radius 3 is 0.875 bits per heavy atom. The molecule has 0 aromatic heterocycles. The maximum Gasteiger partial charge on any atom is 0 e. The van der Waals surface area contributed by atoms with E-state index < -0.39 is 0 Å². The molecule has 0 aliphatic rings. The summed E-state index contributed by atoms with van der Waals surface area (Å²) >= 11 is 14.6. The third-order valence-corrected chi connectivity index (χ3v) is 47.2. The maximum absolute atomic E-state index is 4.92. The van der Waals surface area contributed by atoms with Gasteiger partial charge >= 0.3 is 0 Å². The van der Waals surface area contributed by atoms with Crippen molar-refractivity contribution in [2.24, 2.45) is 0 Å². The summed E-state index contributed by atoms with van der Waals surface area (Å²) in [4.78, 5) is 0. The van der Waals surface area contributed by atoms with Crippen LogP contribution in [0, 0.1) is 0 Å². The summed E-state index contributed by atoms with van der Waals surface area (Å²) in [6.45, 7) is -0.371. The molecule has 0 amide bonds. The topological polar surface area (TPSA) is 0 Å². The zero-order valence-electron chi connectivity index (χ0n) is 9.80. The van der Waals surface area contributed by atoms with Gasteiger partial charge in [0.15, 0.2) is 0 Å². The van der Waals surface area contributed by atoms with Crippen LogP contribution in [0.15, 0.2) is 0 Å². The minimum Gasteiger partial charge on any atom is 0 e. The summed E-state index contributed by atoms with van der Waals surface area (Å²) in [6, 6.07) is 0. The van der Waals surface area contributed by atoms with Crippen molar-refractivity contribution in [2.45, 2.75) is 0 Å². The van der Waals surface area contributed by atoms with E-state index >= 15 is 0 Å². The molecule has 0 aliphatic carbocycles. The first-order valence-electron chi connectivity index (χ1n) is 3.83. The molecule has 0 aromatic carbocycles. The van der Waals surface area contributed by atoms with Gasteiger partial charge in [-0.2, -0.15) is 0 Å². The summed E-state index contributed by atoms with van der Waals surface area (Å²) in [5.74, 6) is 0. The van der Waals surface area contributed by atoms with Crippen molar-refractivity contribution >= 4 is 218 Å². The molecule has 0 fully saturated rings. The Balaban J connectivity index is 5.91. The molecule has 0 saturated carbocycles. The minimum atomic E-state index is -0.371. The quantitative estimate of drug-likeness (QED) is 0.340. The zero-order valence-corrected chi connectivity index (χ0v) is 29.4. The van der Waals surface area contributed by atoms with E-state index in [1.54, 1.807) is 169 Å². The predicted molar refractivity (Wildman–Crippen MR) is 177 cm³/mol. The van der Waals surface area contributed by atoms with E-state index in [0.29, 0.717) is 0 Å². The summed E-state index contributed by atoms with van der Waals surface area (Å²) in [7, 11) is 34.7. The second kappa shape index (κ2) is 26.3. The standard InChI is InChI=1S/S24/c1-4-5-6-7-8-9-10-11-12-13-14-15-16-17-18-19-20-21-22-23-24(2)3. The van der Waals surface area contributed by atoms with E-state index in [2.05, 4.69) is 0 Å². The van der Waals surface area contributed by atoms with E-state index in [1.165, 1.54) is 8.88 Å². The van der Waals surface area contributed by atoms with Gasteiger partial charge < -0.3 is 0 Å². The van der Waals surface area contributed by atoms with E-state index in [-0.39, 0.29) is 6.57 Å². The van der Waals surface area contributed by atoms with Crippen molar-refractivity contribution in [3.05, 3.63) is 0 Å². The molecule has 0 aromatic rings. The lowest BCUT2D eigenvalue weighted by Crippen LogP contribution is -1.41. The molecule has 0 aliphatic heterocycles. The van der Waals surface area contributed by atoms with Gasteiger partial charge in [0.25, 0.3) is 0 Å². The lowest BCUT2D eigenvalue weighted by Gasteiger charge is -1.41. The van der Waals surface area contributed by atoms with Gasteiger partial charge in [0, 0.05) is 218 Å². The van der Waals surface area contributed by atoms with Crippen LogP contribution in [0.1, 0.15) is 0 Å². The van der Waals surface area contributed by atoms with Gasteiger partial charge in [-0.25, -0.2) is 0 Å². The molecule has 0 N–H and O–H groups in total. The molecule has 0 nitrogen and oxygen atoms in total. The van der Waals surface area contributed by atoms with Gasteiger partial charge in [-0.3, -0.25) is 0 Å². The van der Waals surface area contributed by atoms with Crippen LogP contribution in [0.5, 0.6) is 0 Å². The molecule has 0 atom stereocenters. The number of hydrogen-bond acceptors (Lipinski definition) is 3. The number of hydrogen-bond donors (Lipinski definition) is 0. The highest BCUT2D eigenvalue weighted by Gasteiger charge is 1.43. The summed E-state index contributed by atoms with van der Waals surface area (Å²) in [5.41, 5.74) is 0. The SMILES string of the molecule is S=S=S=S=S=S=S=S=S=S=S=S=S=S=S=S=S=S=S=S=S=S(=S)=S. The Labute approximate surface area is 212 Å². The van der Waals surface area contributed by atoms with E-state index in [1.807, 2.05) is 0 Å². The Bertz CT molecular complexity index is 1380. The van der Waals surface area contributed by atoms with E-state index in [0.717, 1.165) is 0 Å². The van der Waals surface area contributed by atoms with Crippen LogP contribution >= 0.6 is 0 Å². The molecule has 0 unspecified atom stereocenters. The van der Waals surface area contributed by atoms with Gasteiger partial charge in [0.1, 0.15) is 0 Å². The highest BCUT2D eigenvalue weighted by atomic mass is 33.5. The van der Waals surface area contributed by atoms with Crippen molar-refractivity contribution in [1.82, 2.24) is 0 Å². The highest BCUT2D eigenvalue weighted by molar-refractivity contribution is 8.79. The molecule has 24 heteroatoms. The first-order valence-corrected chi connectivity index (χ1v) is 34.5. The van der Waals surface area contributed by atoms with E-state index in [9.17, 15) is 0 Å². The second-order valence-electron chi connectivity index (χ2n) is 1.56. The Hall–Kier alpha value is 5.28. The van der Waals surface area contributed by atoms with Gasteiger partial charge in [-0.15, -0.1) is 0 Å². The third-order valence-electron chi connectivity index (χ3n) is 0.583. The largest absolute Gasteiger partial charge is 0 e. The molecule has 0 radical (unpaired) electrons. The molecule has 0 spiro atoms. The van der Waals surface area contributed by atoms with Gasteiger partial charge in [-0.1, -0.05) is 0 Å². The third kappa shape index (κ3) is 27.3. The van der Waals surface area contributed by atoms with Gasteiger partial charge in [-0.05, 0) is 0 Å². The average molecular weight is 770 g/mol. The fourth-order valence-electron chi connectivity index (χ4n) is 0.227. The Kier molecular flexibility index (Phi) is 32.1. The number of rotatable bonds is 0. The van der Waals surface area contributed by atoms with Crippen molar-refractivity contribution in [2.75, 3.05) is 0 Å². The van der Waals surface area contributed by atoms with Crippen molar-refractivity contribution in [3.8, 4) is 0 Å². The lowest BCUT2D eigenvalue weighted by atomic mass is 30.7. The van der Waals surface area contributed by atoms with Gasteiger partial charge in [0.05, 0.1) is 0 Å². The van der Waals surface area contributed by atoms with Crippen LogP contribution in [0.4, 0.5) is 0 Å². The first-order chi connectivity index (χ1) is 11.8. The molecule has 24 heavy (non-hydrogen) atoms. The summed E-state index contributed by atoms with van der Waals surface area (Å²) < 4.78 is 0. The normalized spacial score (nSPS) is 7.67. The van der Waals surface area contributed by atoms with Crippen LogP contribution < -0.4 is 0 Å². The fourth-order valence-corrected chi connectivity index (χ4v) is 55.1. The van der Waals surface area contributed by atoms with Crippen molar-refractivity contribution in [3.63, 3.8) is 0 Å². The average Bonchev–Trinajstić information content (AvgIpc) is 2.56. The molecule has 0 bridgehead atoms. The van der Waals surface area contributed by atoms with Crippen LogP contribution in [-0.2, 0) is 218 Å². The molecule has 144 valence electrons. The molecule has 0 saturated heterocycles. The van der Waals surface area contributed by atoms with Crippen molar-refractivity contribution in [1.29, 1.82) is 0 Å². The van der Waals surface area contributed by atoms with Crippen LogP contribution in [0.3, 0.4) is 0 Å². The Morgan fingerprint density at radius 2 is 0.625 bits per heavy atom. The van der Waals surface area contributed by atoms with Gasteiger partial charge in [0.2, 0.25) is 0 Å². The molecular weight excluding hydrogens is 770 g/mol. The van der Waals surface area contributed by atoms with Crippen molar-refractivity contribution < 1.29 is 0 Å². The predicted octanol–water partition coefficient (Wildman–Crippen LogP) is -0.0576. The highest BCUT2D eigenvalue weighted by Crippen LogP contribution is 1.43. The summed E-state index contributed by atoms with van der Waals surface area (Å²) in [5, 5.41) is 0. The van der Waals surface area contributed by atoms with E-state index in [4.69, 9.17) is 33.6 Å². The monoisotopic (exact) mass is 767 g/mol. The first kappa shape index (κ1) is 29.3. The fraction of sp³-hybridized carbons (Fsp3) is 0. The molecular formula is S24. The smallest absolute Gasteiger partial charge is 0 e. The Morgan fingerprint density at radius 1 is 0.375 bits per heavy atom. The lowest BCUT2D eigenvalue weighted by molar-refractivity contribution is 5.96. The van der Waals surface area contributed by atoms with Crippen LogP contribution in [0.25, 0.3) is 0 Å². The summed E-state index contributed by atoms with van der Waals surface area (Å²) in [6.07, 6.45) is 0. The zero-order chi connectivity index (χ0) is 17.7. The molecule has 0 heterocycles. The maximum atomic E-state index is 4.92. The second-order valence-corrected chi connectivity index (χ2v) is 42.3.